The maximum Gasteiger partial charge on any atom is 0.324 e. The second-order valence-electron chi connectivity index (χ2n) is 4.22. The van der Waals surface area contributed by atoms with Gasteiger partial charge in [-0.05, 0) is 22.5 Å². The fourth-order valence-corrected chi connectivity index (χ4v) is 2.68. The maximum atomic E-state index is 12.3. The number of hydrogen-bond donors (Lipinski definition) is 0. The van der Waals surface area contributed by atoms with Gasteiger partial charge in [0.1, 0.15) is 0 Å². The van der Waals surface area contributed by atoms with E-state index in [4.69, 9.17) is 4.74 Å². The number of hydrogen-bond acceptors (Lipinski definition) is 3. The molecule has 1 aliphatic rings. The minimum Gasteiger partial charge on any atom is -0.468 e. The third-order valence-corrected chi connectivity index (χ3v) is 3.72. The molecule has 1 aliphatic carbocycles. The highest BCUT2D eigenvalue weighted by molar-refractivity contribution is 9.11. The van der Waals surface area contributed by atoms with Crippen LogP contribution in [0.1, 0.15) is 17.5 Å². The van der Waals surface area contributed by atoms with E-state index in [-0.39, 0.29) is 5.78 Å². The molecule has 1 aromatic rings. The van der Waals surface area contributed by atoms with Gasteiger partial charge in [0, 0.05) is 6.42 Å². The molecule has 1 aromatic carbocycles. The highest BCUT2D eigenvalue weighted by atomic mass is 79.9. The molecule has 0 radical (unpaired) electrons. The lowest BCUT2D eigenvalue weighted by Crippen LogP contribution is -2.41. The number of esters is 1. The van der Waals surface area contributed by atoms with Crippen LogP contribution < -0.4 is 0 Å². The third kappa shape index (κ3) is 1.81. The molecular formula is C14H13BrO3. The first-order valence-corrected chi connectivity index (χ1v) is 6.53. The number of Topliss-reactive ketones (excluding diaryl/α,β-unsaturated/α-hetero) is 1. The maximum absolute atomic E-state index is 12.3. The van der Waals surface area contributed by atoms with Crippen LogP contribution in [0.15, 0.2) is 35.3 Å². The Hall–Kier alpha value is -1.42. The van der Waals surface area contributed by atoms with E-state index in [0.717, 1.165) is 11.1 Å². The van der Waals surface area contributed by atoms with Gasteiger partial charge >= 0.3 is 5.97 Å². The zero-order valence-electron chi connectivity index (χ0n) is 9.98. The summed E-state index contributed by atoms with van der Waals surface area (Å²) in [6, 6.07) is 7.43. The molecule has 0 spiro atoms. The van der Waals surface area contributed by atoms with Crippen molar-refractivity contribution in [3.05, 3.63) is 46.5 Å². The lowest BCUT2D eigenvalue weighted by molar-refractivity contribution is -0.151. The molecule has 0 aliphatic heterocycles. The summed E-state index contributed by atoms with van der Waals surface area (Å²) >= 11 is 3.17. The standard InChI is InChI=1S/C14H13BrO3/c1-18-13(17)14(7-4-8-15)11-6-3-2-5-10(11)9-12(14)16/h2-6,8H,7,9H2,1H3/b8-4+. The van der Waals surface area contributed by atoms with Gasteiger partial charge in [-0.3, -0.25) is 9.59 Å². The van der Waals surface area contributed by atoms with Gasteiger partial charge < -0.3 is 4.74 Å². The van der Waals surface area contributed by atoms with E-state index in [2.05, 4.69) is 15.9 Å². The van der Waals surface area contributed by atoms with E-state index < -0.39 is 11.4 Å². The highest BCUT2D eigenvalue weighted by Gasteiger charge is 2.52. The molecule has 94 valence electrons. The normalized spacial score (nSPS) is 22.2. The number of allylic oxidation sites excluding steroid dienone is 1. The summed E-state index contributed by atoms with van der Waals surface area (Å²) in [4.78, 5) is 26.1. The van der Waals surface area contributed by atoms with E-state index >= 15 is 0 Å². The van der Waals surface area contributed by atoms with Crippen molar-refractivity contribution in [3.8, 4) is 0 Å². The summed E-state index contributed by atoms with van der Waals surface area (Å²) in [5, 5.41) is 0. The third-order valence-electron chi connectivity index (χ3n) is 3.35. The molecule has 0 aromatic heterocycles. The Kier molecular flexibility index (Phi) is 3.66. The van der Waals surface area contributed by atoms with Crippen molar-refractivity contribution in [1.82, 2.24) is 0 Å². The first-order chi connectivity index (χ1) is 8.66. The molecular weight excluding hydrogens is 296 g/mol. The van der Waals surface area contributed by atoms with Gasteiger partial charge in [-0.2, -0.15) is 0 Å². The molecule has 0 heterocycles. The zero-order chi connectivity index (χ0) is 13.2. The van der Waals surface area contributed by atoms with E-state index in [1.807, 2.05) is 24.3 Å². The summed E-state index contributed by atoms with van der Waals surface area (Å²) in [6.45, 7) is 0. The number of halogens is 1. The largest absolute Gasteiger partial charge is 0.468 e. The molecule has 0 amide bonds. The molecule has 0 saturated heterocycles. The molecule has 0 saturated carbocycles. The van der Waals surface area contributed by atoms with E-state index in [0.29, 0.717) is 12.8 Å². The fourth-order valence-electron chi connectivity index (χ4n) is 2.49. The Morgan fingerprint density at radius 1 is 1.50 bits per heavy atom. The van der Waals surface area contributed by atoms with Crippen LogP contribution in [0.5, 0.6) is 0 Å². The Morgan fingerprint density at radius 2 is 2.22 bits per heavy atom. The predicted octanol–water partition coefficient (Wildman–Crippen LogP) is 2.52. The quantitative estimate of drug-likeness (QED) is 0.636. The molecule has 4 heteroatoms. The fraction of sp³-hybridized carbons (Fsp3) is 0.286. The van der Waals surface area contributed by atoms with Gasteiger partial charge in [-0.25, -0.2) is 0 Å². The molecule has 0 bridgehead atoms. The summed E-state index contributed by atoms with van der Waals surface area (Å²) < 4.78 is 4.85. The highest BCUT2D eigenvalue weighted by Crippen LogP contribution is 2.40. The summed E-state index contributed by atoms with van der Waals surface area (Å²) in [5.41, 5.74) is 0.513. The van der Waals surface area contributed by atoms with Gasteiger partial charge in [0.05, 0.1) is 7.11 Å². The molecule has 3 nitrogen and oxygen atoms in total. The summed E-state index contributed by atoms with van der Waals surface area (Å²) in [6.07, 6.45) is 2.37. The number of methoxy groups -OCH3 is 1. The van der Waals surface area contributed by atoms with Crippen molar-refractivity contribution in [2.75, 3.05) is 7.11 Å². The van der Waals surface area contributed by atoms with E-state index in [9.17, 15) is 9.59 Å². The first-order valence-electron chi connectivity index (χ1n) is 5.62. The zero-order valence-corrected chi connectivity index (χ0v) is 11.6. The number of fused-ring (bicyclic) bond motifs is 1. The van der Waals surface area contributed by atoms with Crippen molar-refractivity contribution in [2.24, 2.45) is 0 Å². The van der Waals surface area contributed by atoms with Crippen LogP contribution in [0.3, 0.4) is 0 Å². The molecule has 0 fully saturated rings. The minimum atomic E-state index is -1.17. The Bertz CT molecular complexity index is 512. The second kappa shape index (κ2) is 5.06. The number of carbonyl (C=O) groups excluding carboxylic acids is 2. The SMILES string of the molecule is COC(=O)C1(C/C=C/Br)C(=O)Cc2ccccc21. The number of benzene rings is 1. The van der Waals surface area contributed by atoms with Crippen LogP contribution in [-0.4, -0.2) is 18.9 Å². The van der Waals surface area contributed by atoms with Gasteiger partial charge in [-0.1, -0.05) is 46.3 Å². The van der Waals surface area contributed by atoms with Gasteiger partial charge in [0.25, 0.3) is 0 Å². The Balaban J connectivity index is 2.59. The predicted molar refractivity (Wildman–Crippen MR) is 71.5 cm³/mol. The molecule has 2 rings (SSSR count). The summed E-state index contributed by atoms with van der Waals surface area (Å²) in [7, 11) is 1.32. The van der Waals surface area contributed by atoms with Crippen molar-refractivity contribution in [1.29, 1.82) is 0 Å². The topological polar surface area (TPSA) is 43.4 Å². The number of ether oxygens (including phenoxy) is 1. The molecule has 0 N–H and O–H groups in total. The van der Waals surface area contributed by atoms with Crippen LogP contribution >= 0.6 is 15.9 Å². The monoisotopic (exact) mass is 308 g/mol. The minimum absolute atomic E-state index is 0.0962. The van der Waals surface area contributed by atoms with Crippen molar-refractivity contribution in [2.45, 2.75) is 18.3 Å². The van der Waals surface area contributed by atoms with Crippen molar-refractivity contribution in [3.63, 3.8) is 0 Å². The van der Waals surface area contributed by atoms with Gasteiger partial charge in [-0.15, -0.1) is 0 Å². The smallest absolute Gasteiger partial charge is 0.324 e. The van der Waals surface area contributed by atoms with Crippen LogP contribution in [-0.2, 0) is 26.2 Å². The lowest BCUT2D eigenvalue weighted by atomic mass is 9.78. The number of ketones is 1. The average molecular weight is 309 g/mol. The molecule has 18 heavy (non-hydrogen) atoms. The number of rotatable bonds is 3. The van der Waals surface area contributed by atoms with Crippen LogP contribution in [0, 0.1) is 0 Å². The van der Waals surface area contributed by atoms with Gasteiger partial charge in [0.15, 0.2) is 11.2 Å². The van der Waals surface area contributed by atoms with Crippen LogP contribution in [0.4, 0.5) is 0 Å². The van der Waals surface area contributed by atoms with Gasteiger partial charge in [0.2, 0.25) is 0 Å². The van der Waals surface area contributed by atoms with Crippen LogP contribution in [0.25, 0.3) is 0 Å². The van der Waals surface area contributed by atoms with Crippen LogP contribution in [0.2, 0.25) is 0 Å². The Morgan fingerprint density at radius 3 is 2.89 bits per heavy atom. The molecule has 1 unspecified atom stereocenters. The van der Waals surface area contributed by atoms with E-state index in [1.54, 1.807) is 11.1 Å². The Labute approximate surface area is 114 Å². The molecule has 1 atom stereocenters. The first kappa shape index (κ1) is 13.0. The van der Waals surface area contributed by atoms with Crippen molar-refractivity contribution < 1.29 is 14.3 Å². The van der Waals surface area contributed by atoms with E-state index in [1.165, 1.54) is 7.11 Å². The summed E-state index contributed by atoms with van der Waals surface area (Å²) in [5.74, 6) is -0.579. The second-order valence-corrected chi connectivity index (χ2v) is 4.75. The average Bonchev–Trinajstić information content (AvgIpc) is 2.68. The number of carbonyl (C=O) groups is 2. The van der Waals surface area contributed by atoms with Crippen molar-refractivity contribution >= 4 is 27.7 Å². The lowest BCUT2D eigenvalue weighted by Gasteiger charge is -2.24.